The Labute approximate surface area is 127 Å². The van der Waals surface area contributed by atoms with Crippen molar-refractivity contribution in [2.75, 3.05) is 13.1 Å². The first-order valence-corrected chi connectivity index (χ1v) is 7.59. The Hall–Kier alpha value is -2.56. The van der Waals surface area contributed by atoms with Crippen molar-refractivity contribution in [1.29, 1.82) is 0 Å². The van der Waals surface area contributed by atoms with Crippen molar-refractivity contribution in [1.82, 2.24) is 14.9 Å². The number of para-hydroxylation sites is 2. The fourth-order valence-electron chi connectivity index (χ4n) is 3.11. The highest BCUT2D eigenvalue weighted by atomic mass is 16.3. The van der Waals surface area contributed by atoms with E-state index < -0.39 is 0 Å². The molecule has 4 rings (SSSR count). The lowest BCUT2D eigenvalue weighted by atomic mass is 9.97. The van der Waals surface area contributed by atoms with Gasteiger partial charge in [-0.2, -0.15) is 0 Å². The van der Waals surface area contributed by atoms with Crippen LogP contribution in [0.15, 0.2) is 47.1 Å². The van der Waals surface area contributed by atoms with Crippen LogP contribution < -0.4 is 0 Å². The number of H-pyrrole nitrogens is 1. The van der Waals surface area contributed by atoms with Gasteiger partial charge in [0.25, 0.3) is 5.91 Å². The molecule has 112 valence electrons. The van der Waals surface area contributed by atoms with Gasteiger partial charge in [0.05, 0.1) is 17.3 Å². The Bertz CT molecular complexity index is 758. The lowest BCUT2D eigenvalue weighted by Crippen LogP contribution is -2.39. The van der Waals surface area contributed by atoms with E-state index in [1.807, 2.05) is 29.2 Å². The van der Waals surface area contributed by atoms with Gasteiger partial charge in [0, 0.05) is 19.0 Å². The number of carbonyl (C=O) groups excluding carboxylic acids is 1. The molecule has 0 radical (unpaired) electrons. The molecule has 0 unspecified atom stereocenters. The highest BCUT2D eigenvalue weighted by Crippen LogP contribution is 2.27. The van der Waals surface area contributed by atoms with Crippen LogP contribution >= 0.6 is 0 Å². The minimum absolute atomic E-state index is 0.0363. The van der Waals surface area contributed by atoms with Crippen LogP contribution in [0.3, 0.4) is 0 Å². The molecule has 1 fully saturated rings. The number of aromatic nitrogens is 2. The van der Waals surface area contributed by atoms with Gasteiger partial charge in [-0.3, -0.25) is 4.79 Å². The number of nitrogens with one attached hydrogen (secondary N) is 1. The van der Waals surface area contributed by atoms with E-state index in [4.69, 9.17) is 4.42 Å². The maximum Gasteiger partial charge on any atom is 0.289 e. The van der Waals surface area contributed by atoms with Gasteiger partial charge in [-0.15, -0.1) is 0 Å². The summed E-state index contributed by atoms with van der Waals surface area (Å²) in [5.74, 6) is 1.59. The van der Waals surface area contributed by atoms with Crippen LogP contribution in [0.1, 0.15) is 35.1 Å². The van der Waals surface area contributed by atoms with Gasteiger partial charge in [0.15, 0.2) is 5.76 Å². The number of aromatic amines is 1. The monoisotopic (exact) mass is 295 g/mol. The number of likely N-dealkylation sites (tertiary alicyclic amines) is 1. The summed E-state index contributed by atoms with van der Waals surface area (Å²) in [5.41, 5.74) is 2.03. The standard InChI is InChI=1S/C17H17N3O2/c21-17(15-8-4-10-22-15)20-9-3-5-12(11-20)16-18-13-6-1-2-7-14(13)19-16/h1-2,4,6-8,10,12H,3,5,9,11H2,(H,18,19)/t12-/m1/s1. The number of rotatable bonds is 2. The van der Waals surface area contributed by atoms with E-state index in [1.54, 1.807) is 12.1 Å². The van der Waals surface area contributed by atoms with Crippen molar-refractivity contribution in [3.05, 3.63) is 54.2 Å². The number of carbonyl (C=O) groups is 1. The number of fused-ring (bicyclic) bond motifs is 1. The van der Waals surface area contributed by atoms with Crippen LogP contribution in [-0.4, -0.2) is 33.9 Å². The van der Waals surface area contributed by atoms with Gasteiger partial charge < -0.3 is 14.3 Å². The van der Waals surface area contributed by atoms with E-state index in [-0.39, 0.29) is 11.8 Å². The van der Waals surface area contributed by atoms with E-state index in [1.165, 1.54) is 6.26 Å². The molecule has 1 aromatic carbocycles. The van der Waals surface area contributed by atoms with Crippen LogP contribution in [0.4, 0.5) is 0 Å². The SMILES string of the molecule is O=C(c1ccco1)N1CCC[C@@H](c2nc3ccccc3[nH]2)C1. The van der Waals surface area contributed by atoms with Gasteiger partial charge in [0.1, 0.15) is 5.82 Å². The summed E-state index contributed by atoms with van der Waals surface area (Å²) in [5, 5.41) is 0. The third kappa shape index (κ3) is 2.28. The summed E-state index contributed by atoms with van der Waals surface area (Å²) >= 11 is 0. The summed E-state index contributed by atoms with van der Waals surface area (Å²) in [7, 11) is 0. The molecule has 1 N–H and O–H groups in total. The highest BCUT2D eigenvalue weighted by molar-refractivity contribution is 5.91. The number of piperidine rings is 1. The van der Waals surface area contributed by atoms with Crippen LogP contribution in [0.25, 0.3) is 11.0 Å². The number of furan rings is 1. The third-order valence-electron chi connectivity index (χ3n) is 4.23. The topological polar surface area (TPSA) is 62.1 Å². The van der Waals surface area contributed by atoms with Crippen LogP contribution in [-0.2, 0) is 0 Å². The third-order valence-corrected chi connectivity index (χ3v) is 4.23. The second-order valence-electron chi connectivity index (χ2n) is 5.71. The summed E-state index contributed by atoms with van der Waals surface area (Å²) < 4.78 is 5.22. The number of benzene rings is 1. The first-order chi connectivity index (χ1) is 10.8. The smallest absolute Gasteiger partial charge is 0.289 e. The van der Waals surface area contributed by atoms with E-state index in [0.717, 1.165) is 36.2 Å². The molecule has 3 aromatic rings. The number of hydrogen-bond acceptors (Lipinski definition) is 3. The minimum atomic E-state index is -0.0363. The van der Waals surface area contributed by atoms with Crippen molar-refractivity contribution in [2.45, 2.75) is 18.8 Å². The minimum Gasteiger partial charge on any atom is -0.459 e. The lowest BCUT2D eigenvalue weighted by molar-refractivity contribution is 0.0672. The normalized spacial score (nSPS) is 18.7. The molecule has 1 atom stereocenters. The average molecular weight is 295 g/mol. The number of amides is 1. The average Bonchev–Trinajstić information content (AvgIpc) is 3.23. The zero-order chi connectivity index (χ0) is 14.9. The molecule has 1 saturated heterocycles. The van der Waals surface area contributed by atoms with Gasteiger partial charge in [-0.25, -0.2) is 4.98 Å². The Morgan fingerprint density at radius 2 is 2.18 bits per heavy atom. The molecule has 1 aliphatic rings. The molecule has 1 aliphatic heterocycles. The number of nitrogens with zero attached hydrogens (tertiary/aromatic N) is 2. The molecule has 0 saturated carbocycles. The van der Waals surface area contributed by atoms with Crippen molar-refractivity contribution >= 4 is 16.9 Å². The predicted molar refractivity (Wildman–Crippen MR) is 82.7 cm³/mol. The zero-order valence-corrected chi connectivity index (χ0v) is 12.2. The van der Waals surface area contributed by atoms with Gasteiger partial charge in [-0.1, -0.05) is 12.1 Å². The molecular formula is C17H17N3O2. The van der Waals surface area contributed by atoms with E-state index in [2.05, 4.69) is 9.97 Å². The van der Waals surface area contributed by atoms with Crippen LogP contribution in [0, 0.1) is 0 Å². The Kier molecular flexibility index (Phi) is 3.18. The molecule has 3 heterocycles. The molecule has 5 heteroatoms. The van der Waals surface area contributed by atoms with Gasteiger partial charge in [0.2, 0.25) is 0 Å². The number of hydrogen-bond donors (Lipinski definition) is 1. The largest absolute Gasteiger partial charge is 0.459 e. The van der Waals surface area contributed by atoms with Crippen LogP contribution in [0.5, 0.6) is 0 Å². The first-order valence-electron chi connectivity index (χ1n) is 7.59. The molecule has 0 aliphatic carbocycles. The first kappa shape index (κ1) is 13.1. The Morgan fingerprint density at radius 3 is 3.00 bits per heavy atom. The van der Waals surface area contributed by atoms with Crippen molar-refractivity contribution in [3.63, 3.8) is 0 Å². The summed E-state index contributed by atoms with van der Waals surface area (Å²) in [6, 6.07) is 11.5. The number of imidazole rings is 1. The fraction of sp³-hybridized carbons (Fsp3) is 0.294. The lowest BCUT2D eigenvalue weighted by Gasteiger charge is -2.31. The summed E-state index contributed by atoms with van der Waals surface area (Å²) in [4.78, 5) is 22.3. The summed E-state index contributed by atoms with van der Waals surface area (Å²) in [6.45, 7) is 1.45. The maximum atomic E-state index is 12.4. The van der Waals surface area contributed by atoms with Gasteiger partial charge in [-0.05, 0) is 37.1 Å². The quantitative estimate of drug-likeness (QED) is 0.790. The molecular weight excluding hydrogens is 278 g/mol. The fourth-order valence-corrected chi connectivity index (χ4v) is 3.11. The Balaban J connectivity index is 1.56. The van der Waals surface area contributed by atoms with E-state index in [0.29, 0.717) is 12.3 Å². The second kappa shape index (κ2) is 5.33. The van der Waals surface area contributed by atoms with Crippen molar-refractivity contribution < 1.29 is 9.21 Å². The maximum absolute atomic E-state index is 12.4. The predicted octanol–water partition coefficient (Wildman–Crippen LogP) is 3.18. The summed E-state index contributed by atoms with van der Waals surface area (Å²) in [6.07, 6.45) is 3.56. The second-order valence-corrected chi connectivity index (χ2v) is 5.71. The molecule has 22 heavy (non-hydrogen) atoms. The molecule has 1 amide bonds. The molecule has 5 nitrogen and oxygen atoms in total. The Morgan fingerprint density at radius 1 is 1.27 bits per heavy atom. The molecule has 2 aromatic heterocycles. The van der Waals surface area contributed by atoms with Crippen molar-refractivity contribution in [2.24, 2.45) is 0 Å². The molecule has 0 spiro atoms. The van der Waals surface area contributed by atoms with Gasteiger partial charge >= 0.3 is 0 Å². The zero-order valence-electron chi connectivity index (χ0n) is 12.2. The molecule has 0 bridgehead atoms. The van der Waals surface area contributed by atoms with E-state index >= 15 is 0 Å². The highest BCUT2D eigenvalue weighted by Gasteiger charge is 2.28. The van der Waals surface area contributed by atoms with Crippen molar-refractivity contribution in [3.8, 4) is 0 Å². The van der Waals surface area contributed by atoms with Crippen LogP contribution in [0.2, 0.25) is 0 Å². The van der Waals surface area contributed by atoms with E-state index in [9.17, 15) is 4.79 Å².